The lowest BCUT2D eigenvalue weighted by Crippen LogP contribution is -1.97. The van der Waals surface area contributed by atoms with Gasteiger partial charge in [0.15, 0.2) is 0 Å². The second-order valence-corrected chi connectivity index (χ2v) is 2.70. The van der Waals surface area contributed by atoms with Gasteiger partial charge in [0.2, 0.25) is 5.88 Å². The van der Waals surface area contributed by atoms with Crippen LogP contribution in [-0.4, -0.2) is 17.1 Å². The second-order valence-electron chi connectivity index (χ2n) is 2.70. The number of methoxy groups -OCH3 is 1. The first-order valence-corrected chi connectivity index (χ1v) is 4.14. The van der Waals surface area contributed by atoms with E-state index in [0.717, 1.165) is 24.4 Å². The topological polar surface area (TPSA) is 35.0 Å². The lowest BCUT2D eigenvalue weighted by Gasteiger charge is -2.02. The van der Waals surface area contributed by atoms with E-state index in [4.69, 9.17) is 4.74 Å². The quantitative estimate of drug-likeness (QED) is 0.686. The highest BCUT2D eigenvalue weighted by Crippen LogP contribution is 2.09. The van der Waals surface area contributed by atoms with Gasteiger partial charge in [0.25, 0.3) is 0 Å². The molecule has 0 fully saturated rings. The van der Waals surface area contributed by atoms with Crippen LogP contribution in [0.25, 0.3) is 0 Å². The predicted octanol–water partition coefficient (Wildman–Crippen LogP) is 1.75. The molecule has 1 heterocycles. The molecule has 0 saturated heterocycles. The van der Waals surface area contributed by atoms with Crippen molar-refractivity contribution in [1.82, 2.24) is 9.97 Å². The molecule has 0 aliphatic rings. The lowest BCUT2D eigenvalue weighted by molar-refractivity contribution is 0.394. The average molecular weight is 166 g/mol. The van der Waals surface area contributed by atoms with Gasteiger partial charge in [-0.05, 0) is 13.3 Å². The first-order valence-electron chi connectivity index (χ1n) is 4.14. The van der Waals surface area contributed by atoms with Crippen LogP contribution in [0.15, 0.2) is 6.07 Å². The molecule has 0 unspecified atom stereocenters. The fourth-order valence-electron chi connectivity index (χ4n) is 1.09. The number of rotatable bonds is 3. The maximum absolute atomic E-state index is 5.03. The molecule has 0 amide bonds. The Morgan fingerprint density at radius 3 is 2.75 bits per heavy atom. The Hall–Kier alpha value is -1.12. The summed E-state index contributed by atoms with van der Waals surface area (Å²) in [5.74, 6) is 1.43. The van der Waals surface area contributed by atoms with Gasteiger partial charge in [0, 0.05) is 11.8 Å². The van der Waals surface area contributed by atoms with E-state index < -0.39 is 0 Å². The summed E-state index contributed by atoms with van der Waals surface area (Å²) in [6, 6.07) is 1.89. The monoisotopic (exact) mass is 166 g/mol. The summed E-state index contributed by atoms with van der Waals surface area (Å²) in [6.45, 7) is 4.01. The van der Waals surface area contributed by atoms with Crippen molar-refractivity contribution in [2.24, 2.45) is 0 Å². The van der Waals surface area contributed by atoms with E-state index in [1.165, 1.54) is 0 Å². The van der Waals surface area contributed by atoms with Gasteiger partial charge >= 0.3 is 0 Å². The molecule has 0 aliphatic carbocycles. The van der Waals surface area contributed by atoms with Crippen LogP contribution in [0.1, 0.15) is 24.9 Å². The van der Waals surface area contributed by atoms with Crippen LogP contribution < -0.4 is 4.74 Å². The Kier molecular flexibility index (Phi) is 3.02. The van der Waals surface area contributed by atoms with Gasteiger partial charge in [-0.2, -0.15) is 4.98 Å². The molecule has 0 spiro atoms. The summed E-state index contributed by atoms with van der Waals surface area (Å²) in [6.07, 6.45) is 2.08. The van der Waals surface area contributed by atoms with Crippen molar-refractivity contribution in [3.05, 3.63) is 17.6 Å². The van der Waals surface area contributed by atoms with E-state index in [9.17, 15) is 0 Å². The zero-order valence-corrected chi connectivity index (χ0v) is 7.79. The minimum Gasteiger partial charge on any atom is -0.481 e. The number of hydrogen-bond acceptors (Lipinski definition) is 3. The molecule has 0 radical (unpaired) electrons. The molecule has 0 atom stereocenters. The highest BCUT2D eigenvalue weighted by Gasteiger charge is 1.99. The number of hydrogen-bond donors (Lipinski definition) is 0. The molecular weight excluding hydrogens is 152 g/mol. The molecule has 1 aromatic heterocycles. The third kappa shape index (κ3) is 2.19. The fraction of sp³-hybridized carbons (Fsp3) is 0.556. The zero-order valence-electron chi connectivity index (χ0n) is 7.79. The Balaban J connectivity index is 2.90. The van der Waals surface area contributed by atoms with Gasteiger partial charge in [-0.25, -0.2) is 4.98 Å². The minimum atomic E-state index is 0.658. The SMILES string of the molecule is CCCc1cc(OC)nc(C)n1. The summed E-state index contributed by atoms with van der Waals surface area (Å²) in [7, 11) is 1.62. The summed E-state index contributed by atoms with van der Waals surface area (Å²) in [5, 5.41) is 0. The average Bonchev–Trinajstić information content (AvgIpc) is 2.04. The highest BCUT2D eigenvalue weighted by atomic mass is 16.5. The fourth-order valence-corrected chi connectivity index (χ4v) is 1.09. The number of aromatic nitrogens is 2. The summed E-state index contributed by atoms with van der Waals surface area (Å²) in [4.78, 5) is 8.38. The number of nitrogens with zero attached hydrogens (tertiary/aromatic N) is 2. The van der Waals surface area contributed by atoms with Crippen LogP contribution in [0.3, 0.4) is 0 Å². The molecule has 0 saturated carbocycles. The maximum Gasteiger partial charge on any atom is 0.216 e. The largest absolute Gasteiger partial charge is 0.481 e. The van der Waals surface area contributed by atoms with Crippen LogP contribution in [0, 0.1) is 6.92 Å². The van der Waals surface area contributed by atoms with Crippen LogP contribution >= 0.6 is 0 Å². The molecule has 3 nitrogen and oxygen atoms in total. The molecule has 66 valence electrons. The number of ether oxygens (including phenoxy) is 1. The highest BCUT2D eigenvalue weighted by molar-refractivity contribution is 5.15. The first-order chi connectivity index (χ1) is 5.76. The molecule has 0 N–H and O–H groups in total. The smallest absolute Gasteiger partial charge is 0.216 e. The van der Waals surface area contributed by atoms with Gasteiger partial charge in [-0.15, -0.1) is 0 Å². The van der Waals surface area contributed by atoms with Crippen LogP contribution in [0.5, 0.6) is 5.88 Å². The van der Waals surface area contributed by atoms with Gasteiger partial charge in [0.05, 0.1) is 7.11 Å². The lowest BCUT2D eigenvalue weighted by atomic mass is 10.2. The second kappa shape index (κ2) is 4.04. The standard InChI is InChI=1S/C9H14N2O/c1-4-5-8-6-9(12-3)11-7(2)10-8/h6H,4-5H2,1-3H3. The van der Waals surface area contributed by atoms with Gasteiger partial charge in [-0.1, -0.05) is 13.3 Å². The normalized spacial score (nSPS) is 9.92. The Bertz CT molecular complexity index is 261. The summed E-state index contributed by atoms with van der Waals surface area (Å²) in [5.41, 5.74) is 1.06. The van der Waals surface area contributed by atoms with Gasteiger partial charge < -0.3 is 4.74 Å². The zero-order chi connectivity index (χ0) is 8.97. The van der Waals surface area contributed by atoms with E-state index in [1.54, 1.807) is 7.11 Å². The minimum absolute atomic E-state index is 0.658. The van der Waals surface area contributed by atoms with E-state index in [-0.39, 0.29) is 0 Å². The molecule has 0 aliphatic heterocycles. The third-order valence-corrected chi connectivity index (χ3v) is 1.58. The van der Waals surface area contributed by atoms with Crippen molar-refractivity contribution in [3.63, 3.8) is 0 Å². The molecule has 3 heteroatoms. The van der Waals surface area contributed by atoms with Crippen molar-refractivity contribution in [1.29, 1.82) is 0 Å². The van der Waals surface area contributed by atoms with Crippen molar-refractivity contribution in [2.75, 3.05) is 7.11 Å². The van der Waals surface area contributed by atoms with E-state index in [0.29, 0.717) is 5.88 Å². The summed E-state index contributed by atoms with van der Waals surface area (Å²) >= 11 is 0. The molecular formula is C9H14N2O. The molecule has 0 bridgehead atoms. The number of aryl methyl sites for hydroxylation is 2. The van der Waals surface area contributed by atoms with Gasteiger partial charge in [0.1, 0.15) is 5.82 Å². The van der Waals surface area contributed by atoms with Crippen molar-refractivity contribution >= 4 is 0 Å². The van der Waals surface area contributed by atoms with Crippen molar-refractivity contribution in [2.45, 2.75) is 26.7 Å². The van der Waals surface area contributed by atoms with Crippen molar-refractivity contribution < 1.29 is 4.74 Å². The molecule has 1 rings (SSSR count). The Labute approximate surface area is 72.8 Å². The molecule has 0 aromatic carbocycles. The van der Waals surface area contributed by atoms with E-state index in [2.05, 4.69) is 16.9 Å². The van der Waals surface area contributed by atoms with Crippen LogP contribution in [0.4, 0.5) is 0 Å². The van der Waals surface area contributed by atoms with Crippen LogP contribution in [0.2, 0.25) is 0 Å². The van der Waals surface area contributed by atoms with Crippen molar-refractivity contribution in [3.8, 4) is 5.88 Å². The van der Waals surface area contributed by atoms with Gasteiger partial charge in [-0.3, -0.25) is 0 Å². The van der Waals surface area contributed by atoms with E-state index >= 15 is 0 Å². The Morgan fingerprint density at radius 2 is 2.17 bits per heavy atom. The maximum atomic E-state index is 5.03. The predicted molar refractivity (Wildman–Crippen MR) is 47.3 cm³/mol. The Morgan fingerprint density at radius 1 is 1.42 bits per heavy atom. The first kappa shape index (κ1) is 8.97. The molecule has 1 aromatic rings. The third-order valence-electron chi connectivity index (χ3n) is 1.58. The van der Waals surface area contributed by atoms with E-state index in [1.807, 2.05) is 13.0 Å². The molecule has 12 heavy (non-hydrogen) atoms. The van der Waals surface area contributed by atoms with Crippen LogP contribution in [-0.2, 0) is 6.42 Å². The summed E-state index contributed by atoms with van der Waals surface area (Å²) < 4.78 is 5.03.